The number of carbonyl (C=O) groups is 1. The van der Waals surface area contributed by atoms with Crippen LogP contribution in [0.1, 0.15) is 33.2 Å². The highest BCUT2D eigenvalue weighted by atomic mass is 32.2. The van der Waals surface area contributed by atoms with E-state index in [1.807, 2.05) is 92.0 Å². The third-order valence-electron chi connectivity index (χ3n) is 7.84. The summed E-state index contributed by atoms with van der Waals surface area (Å²) in [7, 11) is -2.38. The lowest BCUT2D eigenvalue weighted by Crippen LogP contribution is -2.49. The summed E-state index contributed by atoms with van der Waals surface area (Å²) in [5.41, 5.74) is 5.06. The van der Waals surface area contributed by atoms with Crippen molar-refractivity contribution in [2.45, 2.75) is 29.4 Å². The fourth-order valence-electron chi connectivity index (χ4n) is 5.51. The summed E-state index contributed by atoms with van der Waals surface area (Å²) in [4.78, 5) is 19.6. The molecule has 0 aliphatic carbocycles. The van der Waals surface area contributed by atoms with Crippen LogP contribution in [0.3, 0.4) is 0 Å². The number of nitrogens with zero attached hydrogens (tertiary/aromatic N) is 2. The Bertz CT molecular complexity index is 1910. The quantitative estimate of drug-likeness (QED) is 0.166. The molecule has 0 bridgehead atoms. The first-order valence-electron chi connectivity index (χ1n) is 14.4. The lowest BCUT2D eigenvalue weighted by Gasteiger charge is -2.46. The van der Waals surface area contributed by atoms with E-state index in [2.05, 4.69) is 21.8 Å². The molecule has 228 valence electrons. The Balaban J connectivity index is 1.51. The number of fused-ring (bicyclic) bond motifs is 1. The van der Waals surface area contributed by atoms with Crippen LogP contribution in [0.25, 0.3) is 0 Å². The van der Waals surface area contributed by atoms with E-state index >= 15 is 0 Å². The number of amides is 1. The van der Waals surface area contributed by atoms with Gasteiger partial charge in [-0.15, -0.1) is 11.8 Å². The molecule has 5 aromatic rings. The van der Waals surface area contributed by atoms with Gasteiger partial charge in [0.15, 0.2) is 0 Å². The fraction of sp³-hybridized carbons (Fsp3) is 0.139. The molecule has 7 nitrogen and oxygen atoms in total. The molecule has 0 radical (unpaired) electrons. The first kappa shape index (κ1) is 30.3. The largest absolute Gasteiger partial charge is 0.497 e. The molecule has 0 fully saturated rings. The highest BCUT2D eigenvalue weighted by Gasteiger charge is 2.40. The van der Waals surface area contributed by atoms with Gasteiger partial charge >= 0.3 is 0 Å². The predicted octanol–water partition coefficient (Wildman–Crippen LogP) is 7.89. The summed E-state index contributed by atoms with van der Waals surface area (Å²) < 4.78 is 35.2. The molecule has 6 rings (SSSR count). The molecule has 0 aromatic heterocycles. The van der Waals surface area contributed by atoms with E-state index < -0.39 is 16.2 Å². The SMILES string of the molecule is COc1ccc(N2C(=O)c3cc(S(=O)(=O)Nc4ccc(C)cc4)ccc3N(Cc3ccccc3)[C@H]2c2ccc(SC)cc2)cc1. The number of benzene rings is 5. The normalized spacial score (nSPS) is 14.6. The van der Waals surface area contributed by atoms with E-state index in [0.29, 0.717) is 34.9 Å². The summed E-state index contributed by atoms with van der Waals surface area (Å²) >= 11 is 1.65. The van der Waals surface area contributed by atoms with E-state index in [1.54, 1.807) is 48.0 Å². The number of anilines is 3. The molecule has 1 aliphatic heterocycles. The number of nitrogens with one attached hydrogen (secondary N) is 1. The molecule has 0 spiro atoms. The predicted molar refractivity (Wildman–Crippen MR) is 182 cm³/mol. The Morgan fingerprint density at radius 3 is 2.18 bits per heavy atom. The molecule has 0 saturated carbocycles. The van der Waals surface area contributed by atoms with Gasteiger partial charge in [0, 0.05) is 22.8 Å². The van der Waals surface area contributed by atoms with Gasteiger partial charge in [-0.1, -0.05) is 60.2 Å². The second-order valence-electron chi connectivity index (χ2n) is 10.8. The van der Waals surface area contributed by atoms with E-state index in [-0.39, 0.29) is 10.8 Å². The lowest BCUT2D eigenvalue weighted by atomic mass is 9.99. The number of ether oxygens (including phenoxy) is 1. The van der Waals surface area contributed by atoms with Gasteiger partial charge in [-0.2, -0.15) is 0 Å². The zero-order valence-electron chi connectivity index (χ0n) is 25.2. The minimum absolute atomic E-state index is 0.00675. The Labute approximate surface area is 268 Å². The monoisotopic (exact) mass is 635 g/mol. The van der Waals surface area contributed by atoms with E-state index in [4.69, 9.17) is 4.74 Å². The summed E-state index contributed by atoms with van der Waals surface area (Å²) in [6.45, 7) is 2.42. The van der Waals surface area contributed by atoms with Crippen LogP contribution in [0.5, 0.6) is 5.75 Å². The number of hydrogen-bond donors (Lipinski definition) is 1. The molecule has 0 saturated heterocycles. The Morgan fingerprint density at radius 1 is 0.844 bits per heavy atom. The molecule has 5 aromatic carbocycles. The lowest BCUT2D eigenvalue weighted by molar-refractivity contribution is 0.0968. The number of rotatable bonds is 9. The Hall–Kier alpha value is -4.73. The van der Waals surface area contributed by atoms with Crippen molar-refractivity contribution in [1.29, 1.82) is 0 Å². The van der Waals surface area contributed by atoms with Crippen molar-refractivity contribution in [3.8, 4) is 5.75 Å². The van der Waals surface area contributed by atoms with Crippen molar-refractivity contribution in [3.63, 3.8) is 0 Å². The van der Waals surface area contributed by atoms with Crippen molar-refractivity contribution < 1.29 is 17.9 Å². The Kier molecular flexibility index (Phi) is 8.56. The van der Waals surface area contributed by atoms with Crippen molar-refractivity contribution in [3.05, 3.63) is 144 Å². The summed E-state index contributed by atoms with van der Waals surface area (Å²) in [6.07, 6.45) is 1.52. The first-order valence-corrected chi connectivity index (χ1v) is 17.1. The molecular weight excluding hydrogens is 603 g/mol. The van der Waals surface area contributed by atoms with Crippen LogP contribution >= 0.6 is 11.8 Å². The standard InChI is InChI=1S/C36H33N3O4S2/c1-25-9-13-28(14-10-25)37-45(41,42)32-21-22-34-33(23-32)36(40)39(29-15-17-30(43-2)18-16-29)35(27-11-19-31(44-3)20-12-27)38(34)24-26-7-5-4-6-8-26/h4-23,35,37H,24H2,1-3H3/t35-/m1/s1. The molecular formula is C36H33N3O4S2. The first-order chi connectivity index (χ1) is 21.8. The molecule has 1 amide bonds. The highest BCUT2D eigenvalue weighted by Crippen LogP contribution is 2.43. The maximum Gasteiger partial charge on any atom is 0.262 e. The fourth-order valence-corrected chi connectivity index (χ4v) is 7.00. The van der Waals surface area contributed by atoms with E-state index in [0.717, 1.165) is 21.6 Å². The number of sulfonamides is 1. The van der Waals surface area contributed by atoms with Crippen LogP contribution in [0.15, 0.2) is 131 Å². The smallest absolute Gasteiger partial charge is 0.262 e. The third kappa shape index (κ3) is 6.27. The highest BCUT2D eigenvalue weighted by molar-refractivity contribution is 7.98. The van der Waals surface area contributed by atoms with Gasteiger partial charge in [0.25, 0.3) is 15.9 Å². The summed E-state index contributed by atoms with van der Waals surface area (Å²) in [6, 6.07) is 37.5. The van der Waals surface area contributed by atoms with Gasteiger partial charge in [-0.3, -0.25) is 14.4 Å². The summed E-state index contributed by atoms with van der Waals surface area (Å²) in [5, 5.41) is 0. The van der Waals surface area contributed by atoms with Gasteiger partial charge in [0.2, 0.25) is 0 Å². The van der Waals surface area contributed by atoms with Crippen LogP contribution in [-0.4, -0.2) is 27.7 Å². The molecule has 0 unspecified atom stereocenters. The average molecular weight is 636 g/mol. The van der Waals surface area contributed by atoms with Gasteiger partial charge in [-0.05, 0) is 91.0 Å². The number of thioether (sulfide) groups is 1. The van der Waals surface area contributed by atoms with Crippen molar-refractivity contribution in [1.82, 2.24) is 0 Å². The summed E-state index contributed by atoms with van der Waals surface area (Å²) in [5.74, 6) is 0.368. The Morgan fingerprint density at radius 2 is 1.53 bits per heavy atom. The molecule has 45 heavy (non-hydrogen) atoms. The third-order valence-corrected chi connectivity index (χ3v) is 9.96. The van der Waals surface area contributed by atoms with Gasteiger partial charge in [0.05, 0.1) is 23.3 Å². The second-order valence-corrected chi connectivity index (χ2v) is 13.3. The molecule has 1 heterocycles. The van der Waals surface area contributed by atoms with Crippen LogP contribution in [0, 0.1) is 6.92 Å². The van der Waals surface area contributed by atoms with Crippen molar-refractivity contribution >= 4 is 44.8 Å². The second kappa shape index (κ2) is 12.7. The number of methoxy groups -OCH3 is 1. The molecule has 9 heteroatoms. The maximum atomic E-state index is 14.6. The topological polar surface area (TPSA) is 78.9 Å². The van der Waals surface area contributed by atoms with Crippen LogP contribution in [-0.2, 0) is 16.6 Å². The minimum atomic E-state index is -3.98. The van der Waals surface area contributed by atoms with Crippen LogP contribution in [0.2, 0.25) is 0 Å². The van der Waals surface area contributed by atoms with Crippen molar-refractivity contribution in [2.24, 2.45) is 0 Å². The zero-order chi connectivity index (χ0) is 31.6. The van der Waals surface area contributed by atoms with Crippen LogP contribution in [0.4, 0.5) is 17.1 Å². The number of hydrogen-bond acceptors (Lipinski definition) is 6. The average Bonchev–Trinajstić information content (AvgIpc) is 3.07. The maximum absolute atomic E-state index is 14.6. The van der Waals surface area contributed by atoms with Crippen LogP contribution < -0.4 is 19.3 Å². The molecule has 1 aliphatic rings. The van der Waals surface area contributed by atoms with E-state index in [1.165, 1.54) is 6.07 Å². The van der Waals surface area contributed by atoms with Crippen molar-refractivity contribution in [2.75, 3.05) is 27.9 Å². The van der Waals surface area contributed by atoms with E-state index in [9.17, 15) is 13.2 Å². The number of carbonyl (C=O) groups excluding carboxylic acids is 1. The van der Waals surface area contributed by atoms with Gasteiger partial charge in [-0.25, -0.2) is 8.42 Å². The molecule has 1 atom stereocenters. The zero-order valence-corrected chi connectivity index (χ0v) is 26.8. The number of aryl methyl sites for hydroxylation is 1. The molecule has 1 N–H and O–H groups in total. The minimum Gasteiger partial charge on any atom is -0.497 e. The van der Waals surface area contributed by atoms with Gasteiger partial charge in [0.1, 0.15) is 11.9 Å². The van der Waals surface area contributed by atoms with Gasteiger partial charge < -0.3 is 9.64 Å².